The summed E-state index contributed by atoms with van der Waals surface area (Å²) >= 11 is 3.15. The molecule has 2 aromatic rings. The van der Waals surface area contributed by atoms with Gasteiger partial charge in [0.2, 0.25) is 0 Å². The van der Waals surface area contributed by atoms with Gasteiger partial charge in [0.15, 0.2) is 5.52 Å². The Hall–Kier alpha value is -1.76. The number of fused-ring (bicyclic) bond motifs is 1. The van der Waals surface area contributed by atoms with Gasteiger partial charge in [0.1, 0.15) is 6.33 Å². The van der Waals surface area contributed by atoms with Crippen molar-refractivity contribution in [3.63, 3.8) is 0 Å². The number of rotatable bonds is 1. The van der Waals surface area contributed by atoms with Gasteiger partial charge in [-0.25, -0.2) is 9.97 Å². The average Bonchev–Trinajstić information content (AvgIpc) is 2.23. The van der Waals surface area contributed by atoms with Gasteiger partial charge in [0, 0.05) is 22.1 Å². The van der Waals surface area contributed by atoms with Gasteiger partial charge >= 0.3 is 0 Å². The minimum absolute atomic E-state index is 0.0894. The average molecular weight is 269 g/mol. The van der Waals surface area contributed by atoms with Gasteiger partial charge in [-0.15, -0.1) is 0 Å². The molecule has 0 aliphatic rings. The highest BCUT2D eigenvalue weighted by atomic mass is 79.9. The summed E-state index contributed by atoms with van der Waals surface area (Å²) in [6.07, 6.45) is 2.71. The van der Waals surface area contributed by atoms with Crippen molar-refractivity contribution in [3.05, 3.63) is 33.2 Å². The fourth-order valence-electron chi connectivity index (χ4n) is 1.26. The maximum absolute atomic E-state index is 10.8. The van der Waals surface area contributed by atoms with Gasteiger partial charge in [0.25, 0.3) is 5.69 Å². The van der Waals surface area contributed by atoms with Crippen molar-refractivity contribution < 1.29 is 4.92 Å². The van der Waals surface area contributed by atoms with Crippen molar-refractivity contribution in [2.24, 2.45) is 0 Å². The molecule has 0 saturated carbocycles. The Morgan fingerprint density at radius 2 is 2.27 bits per heavy atom. The molecule has 2 N–H and O–H groups in total. The molecule has 0 spiro atoms. The normalized spacial score (nSPS) is 10.5. The third-order valence-electron chi connectivity index (χ3n) is 1.96. The van der Waals surface area contributed by atoms with E-state index in [4.69, 9.17) is 5.73 Å². The molecule has 1 heterocycles. The van der Waals surface area contributed by atoms with Crippen LogP contribution in [0.25, 0.3) is 10.9 Å². The van der Waals surface area contributed by atoms with E-state index in [1.54, 1.807) is 0 Å². The van der Waals surface area contributed by atoms with E-state index >= 15 is 0 Å². The van der Waals surface area contributed by atoms with Gasteiger partial charge in [-0.1, -0.05) is 0 Å². The van der Waals surface area contributed by atoms with E-state index in [-0.39, 0.29) is 11.2 Å². The summed E-state index contributed by atoms with van der Waals surface area (Å²) in [7, 11) is 0. The van der Waals surface area contributed by atoms with Crippen LogP contribution in [0.3, 0.4) is 0 Å². The smallest absolute Gasteiger partial charge is 0.296 e. The Balaban J connectivity index is 2.94. The first-order valence-electron chi connectivity index (χ1n) is 3.93. The van der Waals surface area contributed by atoms with Crippen molar-refractivity contribution in [1.82, 2.24) is 9.97 Å². The van der Waals surface area contributed by atoms with Gasteiger partial charge in [-0.3, -0.25) is 10.1 Å². The Morgan fingerprint density at radius 1 is 1.53 bits per heavy atom. The molecule has 0 radical (unpaired) electrons. The van der Waals surface area contributed by atoms with Crippen LogP contribution in [0.15, 0.2) is 23.1 Å². The zero-order chi connectivity index (χ0) is 11.0. The highest BCUT2D eigenvalue weighted by Gasteiger charge is 2.17. The van der Waals surface area contributed by atoms with Crippen LogP contribution in [0, 0.1) is 10.1 Å². The van der Waals surface area contributed by atoms with Gasteiger partial charge in [-0.05, 0) is 15.9 Å². The van der Waals surface area contributed by atoms with E-state index in [9.17, 15) is 10.1 Å². The van der Waals surface area contributed by atoms with Crippen LogP contribution in [-0.2, 0) is 0 Å². The molecule has 0 fully saturated rings. The van der Waals surface area contributed by atoms with Crippen LogP contribution in [0.2, 0.25) is 0 Å². The lowest BCUT2D eigenvalue weighted by Gasteiger charge is -2.03. The Kier molecular flexibility index (Phi) is 2.24. The van der Waals surface area contributed by atoms with Crippen molar-refractivity contribution in [3.8, 4) is 0 Å². The molecule has 0 aliphatic heterocycles. The molecule has 0 unspecified atom stereocenters. The van der Waals surface area contributed by atoms with Crippen molar-refractivity contribution in [1.29, 1.82) is 0 Å². The van der Waals surface area contributed by atoms with Crippen LogP contribution < -0.4 is 5.73 Å². The second-order valence-corrected chi connectivity index (χ2v) is 3.69. The summed E-state index contributed by atoms with van der Waals surface area (Å²) in [6, 6.07) is 1.34. The molecule has 7 heteroatoms. The molecule has 0 aliphatic carbocycles. The highest BCUT2D eigenvalue weighted by Crippen LogP contribution is 2.33. The topological polar surface area (TPSA) is 94.9 Å². The number of aromatic nitrogens is 2. The first kappa shape index (κ1) is 9.78. The lowest BCUT2D eigenvalue weighted by Crippen LogP contribution is -1.97. The summed E-state index contributed by atoms with van der Waals surface area (Å²) < 4.78 is 0.469. The SMILES string of the molecule is Nc1c(Br)cc([N+](=O)[O-])c2ncncc12. The molecule has 1 aromatic carbocycles. The molecule has 0 saturated heterocycles. The zero-order valence-electron chi connectivity index (χ0n) is 7.35. The summed E-state index contributed by atoms with van der Waals surface area (Å²) in [5.74, 6) is 0. The first-order valence-corrected chi connectivity index (χ1v) is 4.72. The number of non-ortho nitro benzene ring substituents is 1. The van der Waals surface area contributed by atoms with Crippen LogP contribution in [0.5, 0.6) is 0 Å². The third-order valence-corrected chi connectivity index (χ3v) is 2.62. The van der Waals surface area contributed by atoms with Crippen molar-refractivity contribution >= 4 is 38.2 Å². The number of halogens is 1. The predicted molar refractivity (Wildman–Crippen MR) is 58.3 cm³/mol. The maximum atomic E-state index is 10.8. The Morgan fingerprint density at radius 3 is 2.93 bits per heavy atom. The lowest BCUT2D eigenvalue weighted by atomic mass is 10.2. The van der Waals surface area contributed by atoms with Crippen molar-refractivity contribution in [2.45, 2.75) is 0 Å². The Labute approximate surface area is 92.4 Å². The summed E-state index contributed by atoms with van der Waals surface area (Å²) in [5, 5.41) is 11.2. The molecule has 76 valence electrons. The van der Waals surface area contributed by atoms with E-state index in [0.717, 1.165) is 0 Å². The molecule has 0 amide bonds. The number of nitro benzene ring substituents is 1. The largest absolute Gasteiger partial charge is 0.397 e. The predicted octanol–water partition coefficient (Wildman–Crippen LogP) is 1.88. The molecule has 15 heavy (non-hydrogen) atoms. The molecular formula is C8H5BrN4O2. The molecule has 2 rings (SSSR count). The molecular weight excluding hydrogens is 264 g/mol. The zero-order valence-corrected chi connectivity index (χ0v) is 8.93. The molecule has 0 atom stereocenters. The van der Waals surface area contributed by atoms with Crippen LogP contribution >= 0.6 is 15.9 Å². The maximum Gasteiger partial charge on any atom is 0.296 e. The quantitative estimate of drug-likeness (QED) is 0.484. The standard InChI is InChI=1S/C8H5BrN4O2/c9-5-1-6(13(14)15)8-4(7(5)10)2-11-3-12-8/h1-3H,10H2. The van der Waals surface area contributed by atoms with E-state index in [1.807, 2.05) is 0 Å². The molecule has 1 aromatic heterocycles. The van der Waals surface area contributed by atoms with E-state index < -0.39 is 4.92 Å². The van der Waals surface area contributed by atoms with E-state index in [1.165, 1.54) is 18.6 Å². The van der Waals surface area contributed by atoms with Crippen LogP contribution in [-0.4, -0.2) is 14.9 Å². The lowest BCUT2D eigenvalue weighted by molar-refractivity contribution is -0.383. The van der Waals surface area contributed by atoms with Crippen LogP contribution in [0.1, 0.15) is 0 Å². The number of anilines is 1. The first-order chi connectivity index (χ1) is 7.11. The highest BCUT2D eigenvalue weighted by molar-refractivity contribution is 9.10. The van der Waals surface area contributed by atoms with E-state index in [0.29, 0.717) is 15.5 Å². The minimum Gasteiger partial charge on any atom is -0.397 e. The van der Waals surface area contributed by atoms with Gasteiger partial charge in [-0.2, -0.15) is 0 Å². The second-order valence-electron chi connectivity index (χ2n) is 2.83. The fraction of sp³-hybridized carbons (Fsp3) is 0. The number of nitrogen functional groups attached to an aromatic ring is 1. The summed E-state index contributed by atoms with van der Waals surface area (Å²) in [5.41, 5.74) is 6.29. The van der Waals surface area contributed by atoms with Crippen molar-refractivity contribution in [2.75, 3.05) is 5.73 Å². The van der Waals surface area contributed by atoms with Gasteiger partial charge in [0.05, 0.1) is 10.6 Å². The number of hydrogen-bond acceptors (Lipinski definition) is 5. The molecule has 6 nitrogen and oxygen atoms in total. The van der Waals surface area contributed by atoms with E-state index in [2.05, 4.69) is 25.9 Å². The number of nitrogens with zero attached hydrogens (tertiary/aromatic N) is 3. The third kappa shape index (κ3) is 1.50. The number of nitro groups is 1. The monoisotopic (exact) mass is 268 g/mol. The van der Waals surface area contributed by atoms with Crippen LogP contribution in [0.4, 0.5) is 11.4 Å². The number of hydrogen-bond donors (Lipinski definition) is 1. The number of nitrogens with two attached hydrogens (primary N) is 1. The number of benzene rings is 1. The minimum atomic E-state index is -0.500. The second kappa shape index (κ2) is 3.43. The Bertz CT molecular complexity index is 558. The fourth-order valence-corrected chi connectivity index (χ4v) is 1.70. The summed E-state index contributed by atoms with van der Waals surface area (Å²) in [6.45, 7) is 0. The van der Waals surface area contributed by atoms with Gasteiger partial charge < -0.3 is 5.73 Å². The summed E-state index contributed by atoms with van der Waals surface area (Å²) in [4.78, 5) is 17.9. The molecule has 0 bridgehead atoms.